The van der Waals surface area contributed by atoms with E-state index < -0.39 is 5.60 Å². The van der Waals surface area contributed by atoms with Crippen molar-refractivity contribution in [3.8, 4) is 0 Å². The monoisotopic (exact) mass is 198 g/mol. The normalized spacial score (nSPS) is 57.6. The zero-order valence-corrected chi connectivity index (χ0v) is 9.66. The van der Waals surface area contributed by atoms with E-state index in [-0.39, 0.29) is 6.10 Å². The summed E-state index contributed by atoms with van der Waals surface area (Å²) in [5.41, 5.74) is -0.404. The van der Waals surface area contributed by atoms with Crippen LogP contribution in [0.4, 0.5) is 0 Å². The predicted octanol–water partition coefficient (Wildman–Crippen LogP) is 2.21. The van der Waals surface area contributed by atoms with E-state index in [9.17, 15) is 5.11 Å². The van der Waals surface area contributed by atoms with Crippen LogP contribution in [0.3, 0.4) is 0 Å². The SMILES string of the molecule is CCC1CC1(O)C1C(C)OC(C)C1C. The summed E-state index contributed by atoms with van der Waals surface area (Å²) in [7, 11) is 0. The van der Waals surface area contributed by atoms with Crippen LogP contribution in [0.2, 0.25) is 0 Å². The molecule has 1 heterocycles. The Morgan fingerprint density at radius 3 is 2.29 bits per heavy atom. The van der Waals surface area contributed by atoms with Crippen molar-refractivity contribution in [2.45, 2.75) is 58.3 Å². The average molecular weight is 198 g/mol. The Bertz CT molecular complexity index is 228. The topological polar surface area (TPSA) is 29.5 Å². The van der Waals surface area contributed by atoms with Crippen molar-refractivity contribution >= 4 is 0 Å². The molecular formula is C12H22O2. The van der Waals surface area contributed by atoms with E-state index in [0.717, 1.165) is 12.8 Å². The van der Waals surface area contributed by atoms with Crippen LogP contribution in [-0.4, -0.2) is 22.9 Å². The lowest BCUT2D eigenvalue weighted by molar-refractivity contribution is 0.00384. The fraction of sp³-hybridized carbons (Fsp3) is 1.00. The molecule has 0 amide bonds. The number of aliphatic hydroxyl groups is 1. The van der Waals surface area contributed by atoms with Gasteiger partial charge in [0.05, 0.1) is 17.8 Å². The maximum atomic E-state index is 10.5. The van der Waals surface area contributed by atoms with Gasteiger partial charge < -0.3 is 9.84 Å². The van der Waals surface area contributed by atoms with Crippen molar-refractivity contribution in [2.24, 2.45) is 17.8 Å². The van der Waals surface area contributed by atoms with Crippen molar-refractivity contribution in [3.05, 3.63) is 0 Å². The van der Waals surface area contributed by atoms with Crippen LogP contribution in [0.25, 0.3) is 0 Å². The molecule has 0 radical (unpaired) electrons. The van der Waals surface area contributed by atoms with Gasteiger partial charge >= 0.3 is 0 Å². The molecule has 82 valence electrons. The van der Waals surface area contributed by atoms with Gasteiger partial charge in [-0.15, -0.1) is 0 Å². The first kappa shape index (κ1) is 10.4. The maximum Gasteiger partial charge on any atom is 0.0736 e. The molecule has 2 rings (SSSR count). The van der Waals surface area contributed by atoms with Gasteiger partial charge in [-0.3, -0.25) is 0 Å². The van der Waals surface area contributed by atoms with E-state index in [4.69, 9.17) is 4.74 Å². The summed E-state index contributed by atoms with van der Waals surface area (Å²) in [4.78, 5) is 0. The van der Waals surface area contributed by atoms with Crippen LogP contribution in [0, 0.1) is 17.8 Å². The van der Waals surface area contributed by atoms with E-state index in [1.165, 1.54) is 0 Å². The average Bonchev–Trinajstić information content (AvgIpc) is 2.69. The van der Waals surface area contributed by atoms with E-state index >= 15 is 0 Å². The largest absolute Gasteiger partial charge is 0.389 e. The summed E-state index contributed by atoms with van der Waals surface area (Å²) >= 11 is 0. The molecule has 1 saturated carbocycles. The van der Waals surface area contributed by atoms with Crippen LogP contribution in [0.5, 0.6) is 0 Å². The molecule has 6 atom stereocenters. The minimum absolute atomic E-state index is 0.224. The molecule has 2 fully saturated rings. The fourth-order valence-corrected chi connectivity index (χ4v) is 3.37. The first-order valence-electron chi connectivity index (χ1n) is 5.88. The van der Waals surface area contributed by atoms with E-state index in [1.807, 2.05) is 0 Å². The van der Waals surface area contributed by atoms with Crippen molar-refractivity contribution < 1.29 is 9.84 Å². The molecule has 0 aromatic carbocycles. The standard InChI is InChI=1S/C12H22O2/c1-5-10-6-12(10,13)11-7(2)8(3)14-9(11)4/h7-11,13H,5-6H2,1-4H3. The van der Waals surface area contributed by atoms with Crippen LogP contribution in [0.1, 0.15) is 40.5 Å². The highest BCUT2D eigenvalue weighted by Gasteiger charge is 2.62. The van der Waals surface area contributed by atoms with Gasteiger partial charge in [0.1, 0.15) is 0 Å². The second kappa shape index (κ2) is 3.21. The molecule has 1 aliphatic heterocycles. The molecular weight excluding hydrogens is 176 g/mol. The summed E-state index contributed by atoms with van der Waals surface area (Å²) in [6.07, 6.45) is 2.61. The van der Waals surface area contributed by atoms with Crippen LogP contribution in [-0.2, 0) is 4.74 Å². The predicted molar refractivity (Wildman–Crippen MR) is 56.0 cm³/mol. The van der Waals surface area contributed by atoms with Gasteiger partial charge in [0, 0.05) is 5.92 Å². The summed E-state index contributed by atoms with van der Waals surface area (Å²) in [6.45, 7) is 8.60. The molecule has 14 heavy (non-hydrogen) atoms. The Morgan fingerprint density at radius 1 is 1.29 bits per heavy atom. The van der Waals surface area contributed by atoms with Crippen molar-refractivity contribution in [1.82, 2.24) is 0 Å². The Hall–Kier alpha value is -0.0800. The molecule has 2 aliphatic rings. The number of hydrogen-bond donors (Lipinski definition) is 1. The van der Waals surface area contributed by atoms with Crippen molar-refractivity contribution in [2.75, 3.05) is 0 Å². The Labute approximate surface area is 86.6 Å². The minimum Gasteiger partial charge on any atom is -0.389 e. The van der Waals surface area contributed by atoms with Gasteiger partial charge in [-0.1, -0.05) is 20.3 Å². The molecule has 1 N–H and O–H groups in total. The Kier molecular flexibility index (Phi) is 2.39. The molecule has 0 aromatic heterocycles. The highest BCUT2D eigenvalue weighted by molar-refractivity contribution is 5.11. The minimum atomic E-state index is -0.404. The highest BCUT2D eigenvalue weighted by Crippen LogP contribution is 2.57. The van der Waals surface area contributed by atoms with Gasteiger partial charge in [0.2, 0.25) is 0 Å². The third-order valence-electron chi connectivity index (χ3n) is 4.43. The van der Waals surface area contributed by atoms with E-state index in [2.05, 4.69) is 27.7 Å². The number of ether oxygens (including phenoxy) is 1. The maximum absolute atomic E-state index is 10.5. The first-order chi connectivity index (χ1) is 6.50. The van der Waals surface area contributed by atoms with E-state index in [1.54, 1.807) is 0 Å². The summed E-state index contributed by atoms with van der Waals surface area (Å²) in [5, 5.41) is 10.5. The summed E-state index contributed by atoms with van der Waals surface area (Å²) in [6, 6.07) is 0. The smallest absolute Gasteiger partial charge is 0.0736 e. The molecule has 1 saturated heterocycles. The van der Waals surface area contributed by atoms with Gasteiger partial charge in [0.15, 0.2) is 0 Å². The van der Waals surface area contributed by atoms with Crippen LogP contribution in [0.15, 0.2) is 0 Å². The third kappa shape index (κ3) is 1.31. The van der Waals surface area contributed by atoms with Crippen molar-refractivity contribution in [1.29, 1.82) is 0 Å². The fourth-order valence-electron chi connectivity index (χ4n) is 3.37. The first-order valence-corrected chi connectivity index (χ1v) is 5.88. The number of hydrogen-bond acceptors (Lipinski definition) is 2. The zero-order valence-electron chi connectivity index (χ0n) is 9.66. The quantitative estimate of drug-likeness (QED) is 0.737. The molecule has 1 aliphatic carbocycles. The van der Waals surface area contributed by atoms with E-state index in [0.29, 0.717) is 23.9 Å². The summed E-state index contributed by atoms with van der Waals surface area (Å²) < 4.78 is 5.79. The van der Waals surface area contributed by atoms with Gasteiger partial charge in [0.25, 0.3) is 0 Å². The van der Waals surface area contributed by atoms with Crippen LogP contribution < -0.4 is 0 Å². The van der Waals surface area contributed by atoms with Crippen LogP contribution >= 0.6 is 0 Å². The molecule has 0 bridgehead atoms. The zero-order chi connectivity index (χ0) is 10.5. The molecule has 2 nitrogen and oxygen atoms in total. The Morgan fingerprint density at radius 2 is 1.93 bits per heavy atom. The highest BCUT2D eigenvalue weighted by atomic mass is 16.5. The molecule has 2 heteroatoms. The van der Waals surface area contributed by atoms with Gasteiger partial charge in [-0.25, -0.2) is 0 Å². The molecule has 0 spiro atoms. The van der Waals surface area contributed by atoms with Gasteiger partial charge in [-0.2, -0.15) is 0 Å². The second-order valence-corrected chi connectivity index (χ2v) is 5.23. The molecule has 6 unspecified atom stereocenters. The summed E-state index contributed by atoms with van der Waals surface area (Å²) in [5.74, 6) is 1.36. The third-order valence-corrected chi connectivity index (χ3v) is 4.43. The number of rotatable bonds is 2. The van der Waals surface area contributed by atoms with Crippen molar-refractivity contribution in [3.63, 3.8) is 0 Å². The van der Waals surface area contributed by atoms with Gasteiger partial charge in [-0.05, 0) is 32.1 Å². The molecule has 0 aromatic rings. The lowest BCUT2D eigenvalue weighted by atomic mass is 9.82. The lowest BCUT2D eigenvalue weighted by Crippen LogP contribution is -2.34. The Balaban J connectivity index is 2.11. The lowest BCUT2D eigenvalue weighted by Gasteiger charge is -2.25. The second-order valence-electron chi connectivity index (χ2n) is 5.23.